The van der Waals surface area contributed by atoms with Gasteiger partial charge < -0.3 is 10.4 Å². The van der Waals surface area contributed by atoms with E-state index in [4.69, 9.17) is 16.7 Å². The van der Waals surface area contributed by atoms with Crippen molar-refractivity contribution in [3.63, 3.8) is 0 Å². The van der Waals surface area contributed by atoms with Gasteiger partial charge in [0.1, 0.15) is 0 Å². The number of aliphatic hydroxyl groups excluding tert-OH is 1. The summed E-state index contributed by atoms with van der Waals surface area (Å²) in [5, 5.41) is 12.3. The van der Waals surface area contributed by atoms with Crippen molar-refractivity contribution in [3.05, 3.63) is 33.3 Å². The smallest absolute Gasteiger partial charge is 0.220 e. The zero-order valence-corrected chi connectivity index (χ0v) is 11.9. The molecule has 1 aromatic rings. The fourth-order valence-corrected chi connectivity index (χ4v) is 1.97. The Morgan fingerprint density at radius 1 is 1.59 bits per heavy atom. The predicted octanol–water partition coefficient (Wildman–Crippen LogP) is 2.53. The summed E-state index contributed by atoms with van der Waals surface area (Å²) in [6.45, 7) is 1.92. The van der Waals surface area contributed by atoms with Gasteiger partial charge in [-0.15, -0.1) is 0 Å². The molecule has 0 bridgehead atoms. The van der Waals surface area contributed by atoms with E-state index in [2.05, 4.69) is 21.2 Å². The van der Waals surface area contributed by atoms with Gasteiger partial charge in [0.05, 0.1) is 6.10 Å². The van der Waals surface area contributed by atoms with E-state index in [0.29, 0.717) is 17.9 Å². The van der Waals surface area contributed by atoms with Crippen molar-refractivity contribution in [1.82, 2.24) is 5.32 Å². The number of rotatable bonds is 5. The van der Waals surface area contributed by atoms with E-state index in [1.165, 1.54) is 0 Å². The van der Waals surface area contributed by atoms with Crippen molar-refractivity contribution >= 4 is 33.4 Å². The lowest BCUT2D eigenvalue weighted by Crippen LogP contribution is -2.30. The zero-order valence-electron chi connectivity index (χ0n) is 9.54. The largest absolute Gasteiger partial charge is 0.392 e. The van der Waals surface area contributed by atoms with Crippen molar-refractivity contribution in [1.29, 1.82) is 0 Å². The van der Waals surface area contributed by atoms with E-state index in [0.717, 1.165) is 10.0 Å². The SMILES string of the molecule is CC(O)CNC(=O)CCc1cc(Cl)ccc1Br. The second-order valence-electron chi connectivity index (χ2n) is 3.89. The first kappa shape index (κ1) is 14.5. The van der Waals surface area contributed by atoms with Crippen molar-refractivity contribution < 1.29 is 9.90 Å². The molecule has 0 aromatic heterocycles. The number of carbonyl (C=O) groups is 1. The van der Waals surface area contributed by atoms with E-state index < -0.39 is 6.10 Å². The predicted molar refractivity (Wildman–Crippen MR) is 72.2 cm³/mol. The third kappa shape index (κ3) is 5.52. The Bertz CT molecular complexity index is 396. The number of aryl methyl sites for hydroxylation is 1. The number of nitrogens with one attached hydrogen (secondary N) is 1. The first-order valence-electron chi connectivity index (χ1n) is 5.37. The highest BCUT2D eigenvalue weighted by Gasteiger charge is 2.06. The van der Waals surface area contributed by atoms with Crippen molar-refractivity contribution in [2.24, 2.45) is 0 Å². The minimum absolute atomic E-state index is 0.0715. The topological polar surface area (TPSA) is 49.3 Å². The van der Waals surface area contributed by atoms with Gasteiger partial charge in [0.25, 0.3) is 0 Å². The lowest BCUT2D eigenvalue weighted by molar-refractivity contribution is -0.121. The molecule has 2 N–H and O–H groups in total. The monoisotopic (exact) mass is 319 g/mol. The number of benzene rings is 1. The van der Waals surface area contributed by atoms with Gasteiger partial charge in [0.15, 0.2) is 0 Å². The minimum Gasteiger partial charge on any atom is -0.392 e. The maximum absolute atomic E-state index is 11.4. The van der Waals surface area contributed by atoms with Gasteiger partial charge in [-0.25, -0.2) is 0 Å². The summed E-state index contributed by atoms with van der Waals surface area (Å²) in [5.74, 6) is -0.0715. The van der Waals surface area contributed by atoms with Crippen LogP contribution in [0.15, 0.2) is 22.7 Å². The van der Waals surface area contributed by atoms with Crippen LogP contribution in [0.25, 0.3) is 0 Å². The lowest BCUT2D eigenvalue weighted by Gasteiger charge is -2.08. The number of amides is 1. The van der Waals surface area contributed by atoms with Crippen LogP contribution < -0.4 is 5.32 Å². The summed E-state index contributed by atoms with van der Waals surface area (Å²) in [6, 6.07) is 5.50. The van der Waals surface area contributed by atoms with Crippen LogP contribution >= 0.6 is 27.5 Å². The molecule has 17 heavy (non-hydrogen) atoms. The van der Waals surface area contributed by atoms with Gasteiger partial charge in [-0.05, 0) is 37.1 Å². The highest BCUT2D eigenvalue weighted by Crippen LogP contribution is 2.22. The molecule has 3 nitrogen and oxygen atoms in total. The molecule has 1 atom stereocenters. The highest BCUT2D eigenvalue weighted by atomic mass is 79.9. The molecule has 1 rings (SSSR count). The van der Waals surface area contributed by atoms with Crippen LogP contribution in [0.5, 0.6) is 0 Å². The number of aliphatic hydroxyl groups is 1. The molecule has 5 heteroatoms. The Kier molecular flexibility index (Phi) is 5.95. The van der Waals surface area contributed by atoms with Gasteiger partial charge in [0, 0.05) is 22.5 Å². The molecule has 0 saturated heterocycles. The molecule has 0 aliphatic carbocycles. The summed E-state index contributed by atoms with van der Waals surface area (Å²) in [4.78, 5) is 11.4. The van der Waals surface area contributed by atoms with Crippen molar-refractivity contribution in [3.8, 4) is 0 Å². The standard InChI is InChI=1S/C12H15BrClNO2/c1-8(16)7-15-12(17)5-2-9-6-10(14)3-4-11(9)13/h3-4,6,8,16H,2,5,7H2,1H3,(H,15,17). The van der Waals surface area contributed by atoms with E-state index in [-0.39, 0.29) is 12.5 Å². The zero-order chi connectivity index (χ0) is 12.8. The lowest BCUT2D eigenvalue weighted by atomic mass is 10.1. The average Bonchev–Trinajstić information content (AvgIpc) is 2.27. The fraction of sp³-hybridized carbons (Fsp3) is 0.417. The molecule has 0 fully saturated rings. The third-order valence-electron chi connectivity index (χ3n) is 2.22. The Hall–Kier alpha value is -0.580. The van der Waals surface area contributed by atoms with Crippen LogP contribution in [-0.2, 0) is 11.2 Å². The quantitative estimate of drug-likeness (QED) is 0.876. The van der Waals surface area contributed by atoms with Crippen LogP contribution in [0, 0.1) is 0 Å². The molecule has 0 saturated carbocycles. The van der Waals surface area contributed by atoms with Crippen LogP contribution in [0.1, 0.15) is 18.9 Å². The number of hydrogen-bond donors (Lipinski definition) is 2. The summed E-state index contributed by atoms with van der Waals surface area (Å²) in [7, 11) is 0. The molecule has 1 unspecified atom stereocenters. The Balaban J connectivity index is 2.44. The summed E-state index contributed by atoms with van der Waals surface area (Å²) >= 11 is 9.29. The van der Waals surface area contributed by atoms with E-state index in [1.54, 1.807) is 13.0 Å². The Labute approximate surface area is 114 Å². The summed E-state index contributed by atoms with van der Waals surface area (Å²) < 4.78 is 0.949. The molecule has 1 aromatic carbocycles. The number of carbonyl (C=O) groups excluding carboxylic acids is 1. The first-order chi connectivity index (χ1) is 7.99. The molecule has 0 heterocycles. The van der Waals surface area contributed by atoms with Crippen molar-refractivity contribution in [2.45, 2.75) is 25.9 Å². The third-order valence-corrected chi connectivity index (χ3v) is 3.23. The summed E-state index contributed by atoms with van der Waals surface area (Å²) in [6.07, 6.45) is 0.482. The van der Waals surface area contributed by atoms with E-state index >= 15 is 0 Å². The fourth-order valence-electron chi connectivity index (χ4n) is 1.33. The minimum atomic E-state index is -0.517. The van der Waals surface area contributed by atoms with Gasteiger partial charge in [0.2, 0.25) is 5.91 Å². The van der Waals surface area contributed by atoms with Crippen LogP contribution in [-0.4, -0.2) is 23.7 Å². The van der Waals surface area contributed by atoms with E-state index in [1.807, 2.05) is 12.1 Å². The molecule has 0 radical (unpaired) electrons. The first-order valence-corrected chi connectivity index (χ1v) is 6.55. The maximum atomic E-state index is 11.4. The normalized spacial score (nSPS) is 12.2. The van der Waals surface area contributed by atoms with Gasteiger partial charge in [-0.1, -0.05) is 27.5 Å². The van der Waals surface area contributed by atoms with Crippen LogP contribution in [0.3, 0.4) is 0 Å². The van der Waals surface area contributed by atoms with Gasteiger partial charge in [-0.3, -0.25) is 4.79 Å². The molecular formula is C12H15BrClNO2. The molecule has 94 valence electrons. The van der Waals surface area contributed by atoms with Crippen LogP contribution in [0.2, 0.25) is 5.02 Å². The molecule has 1 amide bonds. The summed E-state index contributed by atoms with van der Waals surface area (Å²) in [5.41, 5.74) is 1.00. The van der Waals surface area contributed by atoms with E-state index in [9.17, 15) is 4.79 Å². The van der Waals surface area contributed by atoms with Gasteiger partial charge >= 0.3 is 0 Å². The van der Waals surface area contributed by atoms with Crippen LogP contribution in [0.4, 0.5) is 0 Å². The second-order valence-corrected chi connectivity index (χ2v) is 5.18. The number of hydrogen-bond acceptors (Lipinski definition) is 2. The maximum Gasteiger partial charge on any atom is 0.220 e. The average molecular weight is 321 g/mol. The molecule has 0 spiro atoms. The molecule has 0 aliphatic heterocycles. The second kappa shape index (κ2) is 6.99. The van der Waals surface area contributed by atoms with Gasteiger partial charge in [-0.2, -0.15) is 0 Å². The Morgan fingerprint density at radius 2 is 2.29 bits per heavy atom. The number of halogens is 2. The highest BCUT2D eigenvalue weighted by molar-refractivity contribution is 9.10. The Morgan fingerprint density at radius 3 is 2.94 bits per heavy atom. The molecule has 0 aliphatic rings. The molecular weight excluding hydrogens is 305 g/mol. The van der Waals surface area contributed by atoms with Crippen molar-refractivity contribution in [2.75, 3.05) is 6.54 Å².